The molecule has 0 unspecified atom stereocenters. The molecule has 0 radical (unpaired) electrons. The zero-order valence-corrected chi connectivity index (χ0v) is 9.05. The first kappa shape index (κ1) is 9.93. The zero-order chi connectivity index (χ0) is 10.7. The minimum absolute atomic E-state index is 0.336. The molecule has 0 saturated carbocycles. The van der Waals surface area contributed by atoms with Crippen molar-refractivity contribution in [2.45, 2.75) is 6.54 Å². The predicted molar refractivity (Wildman–Crippen MR) is 67.6 cm³/mol. The van der Waals surface area contributed by atoms with Crippen LogP contribution in [0.2, 0.25) is 0 Å². The molecule has 2 rings (SSSR count). The average molecular weight is 216 g/mol. The molecule has 0 amide bonds. The molecule has 2 aromatic rings. The van der Waals surface area contributed by atoms with Gasteiger partial charge in [0.05, 0.1) is 0 Å². The Morgan fingerprint density at radius 1 is 1.13 bits per heavy atom. The van der Waals surface area contributed by atoms with E-state index in [-0.39, 0.29) is 0 Å². The molecule has 0 spiro atoms. The second-order valence-corrected chi connectivity index (χ2v) is 3.84. The van der Waals surface area contributed by atoms with E-state index in [0.29, 0.717) is 11.7 Å². The van der Waals surface area contributed by atoms with E-state index in [0.717, 1.165) is 0 Å². The van der Waals surface area contributed by atoms with Crippen LogP contribution in [0.15, 0.2) is 42.5 Å². The largest absolute Gasteiger partial charge is 0.376 e. The molecule has 76 valence electrons. The van der Waals surface area contributed by atoms with Gasteiger partial charge in [0, 0.05) is 6.54 Å². The van der Waals surface area contributed by atoms with E-state index in [2.05, 4.69) is 35.6 Å². The second-order valence-electron chi connectivity index (χ2n) is 3.40. The Bertz CT molecular complexity index is 494. The van der Waals surface area contributed by atoms with E-state index >= 15 is 0 Å². The fourth-order valence-electron chi connectivity index (χ4n) is 1.54. The van der Waals surface area contributed by atoms with Crippen LogP contribution in [-0.2, 0) is 6.54 Å². The molecule has 0 fully saturated rings. The van der Waals surface area contributed by atoms with Crippen LogP contribution in [0.25, 0.3) is 10.8 Å². The normalized spacial score (nSPS) is 10.1. The van der Waals surface area contributed by atoms with E-state index in [9.17, 15) is 0 Å². The highest BCUT2D eigenvalue weighted by Gasteiger charge is 1.95. The molecular weight excluding hydrogens is 204 g/mol. The summed E-state index contributed by atoms with van der Waals surface area (Å²) in [6.07, 6.45) is 0. The Labute approximate surface area is 94.1 Å². The van der Waals surface area contributed by atoms with Crippen LogP contribution in [-0.4, -0.2) is 5.11 Å². The van der Waals surface area contributed by atoms with Crippen LogP contribution in [0.1, 0.15) is 5.56 Å². The van der Waals surface area contributed by atoms with Crippen molar-refractivity contribution >= 4 is 28.1 Å². The highest BCUT2D eigenvalue weighted by atomic mass is 32.1. The highest BCUT2D eigenvalue weighted by molar-refractivity contribution is 7.80. The summed E-state index contributed by atoms with van der Waals surface area (Å²) >= 11 is 4.76. The summed E-state index contributed by atoms with van der Waals surface area (Å²) in [5, 5.41) is 5.75. The molecule has 0 aliphatic rings. The summed E-state index contributed by atoms with van der Waals surface area (Å²) < 4.78 is 0. The summed E-state index contributed by atoms with van der Waals surface area (Å²) in [6, 6.07) is 14.6. The first-order valence-corrected chi connectivity index (χ1v) is 5.17. The van der Waals surface area contributed by atoms with Crippen LogP contribution < -0.4 is 11.1 Å². The summed E-state index contributed by atoms with van der Waals surface area (Å²) in [7, 11) is 0. The summed E-state index contributed by atoms with van der Waals surface area (Å²) in [5.74, 6) is 0. The molecule has 2 nitrogen and oxygen atoms in total. The van der Waals surface area contributed by atoms with Crippen LogP contribution in [0.4, 0.5) is 0 Å². The molecule has 0 aliphatic carbocycles. The lowest BCUT2D eigenvalue weighted by atomic mass is 10.1. The third kappa shape index (κ3) is 2.44. The third-order valence-corrected chi connectivity index (χ3v) is 2.42. The average Bonchev–Trinajstić information content (AvgIpc) is 2.26. The minimum atomic E-state index is 0.336. The first-order chi connectivity index (χ1) is 7.25. The highest BCUT2D eigenvalue weighted by Crippen LogP contribution is 2.15. The van der Waals surface area contributed by atoms with Gasteiger partial charge in [-0.15, -0.1) is 0 Å². The van der Waals surface area contributed by atoms with Crippen molar-refractivity contribution in [1.29, 1.82) is 0 Å². The first-order valence-electron chi connectivity index (χ1n) is 4.77. The van der Waals surface area contributed by atoms with E-state index in [4.69, 9.17) is 18.0 Å². The maximum Gasteiger partial charge on any atom is 0.163 e. The number of rotatable bonds is 2. The summed E-state index contributed by atoms with van der Waals surface area (Å²) in [4.78, 5) is 0. The molecule has 0 bridgehead atoms. The lowest BCUT2D eigenvalue weighted by Crippen LogP contribution is -2.28. The zero-order valence-electron chi connectivity index (χ0n) is 8.23. The standard InChI is InChI=1S/C12H12N2S/c13-12(15)14-8-9-5-6-10-3-1-2-4-11(10)7-9/h1-7H,8H2,(H3,13,14,15). The van der Waals surface area contributed by atoms with Gasteiger partial charge in [0.15, 0.2) is 5.11 Å². The number of nitrogens with one attached hydrogen (secondary N) is 1. The Morgan fingerprint density at radius 3 is 2.60 bits per heavy atom. The summed E-state index contributed by atoms with van der Waals surface area (Å²) in [5.41, 5.74) is 6.56. The maximum atomic E-state index is 5.37. The van der Waals surface area contributed by atoms with Crippen molar-refractivity contribution in [3.8, 4) is 0 Å². The number of fused-ring (bicyclic) bond motifs is 1. The smallest absolute Gasteiger partial charge is 0.163 e. The molecule has 2 aromatic carbocycles. The van der Waals surface area contributed by atoms with Gasteiger partial charge in [-0.1, -0.05) is 36.4 Å². The molecule has 0 heterocycles. The van der Waals surface area contributed by atoms with E-state index in [1.165, 1.54) is 16.3 Å². The molecule has 0 saturated heterocycles. The molecular formula is C12H12N2S. The Balaban J connectivity index is 2.26. The fourth-order valence-corrected chi connectivity index (χ4v) is 1.61. The molecule has 15 heavy (non-hydrogen) atoms. The van der Waals surface area contributed by atoms with E-state index < -0.39 is 0 Å². The van der Waals surface area contributed by atoms with Crippen LogP contribution >= 0.6 is 12.2 Å². The number of hydrogen-bond donors (Lipinski definition) is 2. The predicted octanol–water partition coefficient (Wildman–Crippen LogP) is 2.17. The number of nitrogens with two attached hydrogens (primary N) is 1. The molecule has 3 N–H and O–H groups in total. The second kappa shape index (κ2) is 4.28. The number of hydrogen-bond acceptors (Lipinski definition) is 1. The van der Waals surface area contributed by atoms with Crippen molar-refractivity contribution in [3.05, 3.63) is 48.0 Å². The van der Waals surface area contributed by atoms with Gasteiger partial charge < -0.3 is 11.1 Å². The van der Waals surface area contributed by atoms with Crippen LogP contribution in [0.5, 0.6) is 0 Å². The van der Waals surface area contributed by atoms with Crippen LogP contribution in [0.3, 0.4) is 0 Å². The van der Waals surface area contributed by atoms with Gasteiger partial charge in [-0.2, -0.15) is 0 Å². The molecule has 0 aliphatic heterocycles. The van der Waals surface area contributed by atoms with Crippen molar-refractivity contribution in [2.24, 2.45) is 5.73 Å². The molecule has 0 aromatic heterocycles. The summed E-state index contributed by atoms with van der Waals surface area (Å²) in [6.45, 7) is 0.681. The van der Waals surface area contributed by atoms with Crippen molar-refractivity contribution in [2.75, 3.05) is 0 Å². The lowest BCUT2D eigenvalue weighted by molar-refractivity contribution is 0.922. The van der Waals surface area contributed by atoms with Gasteiger partial charge in [0.25, 0.3) is 0 Å². The van der Waals surface area contributed by atoms with Crippen molar-refractivity contribution < 1.29 is 0 Å². The van der Waals surface area contributed by atoms with Gasteiger partial charge in [0.1, 0.15) is 0 Å². The van der Waals surface area contributed by atoms with Gasteiger partial charge in [-0.3, -0.25) is 0 Å². The topological polar surface area (TPSA) is 38.0 Å². The quantitative estimate of drug-likeness (QED) is 0.756. The minimum Gasteiger partial charge on any atom is -0.376 e. The Hall–Kier alpha value is -1.61. The molecule has 0 atom stereocenters. The van der Waals surface area contributed by atoms with Crippen LogP contribution in [0, 0.1) is 0 Å². The van der Waals surface area contributed by atoms with E-state index in [1.807, 2.05) is 12.1 Å². The third-order valence-electron chi connectivity index (χ3n) is 2.28. The van der Waals surface area contributed by atoms with Gasteiger partial charge >= 0.3 is 0 Å². The Morgan fingerprint density at radius 2 is 1.87 bits per heavy atom. The van der Waals surface area contributed by atoms with Crippen molar-refractivity contribution in [3.63, 3.8) is 0 Å². The lowest BCUT2D eigenvalue weighted by Gasteiger charge is -2.05. The number of benzene rings is 2. The SMILES string of the molecule is NC(=S)NCc1ccc2ccccc2c1. The van der Waals surface area contributed by atoms with Gasteiger partial charge in [0.2, 0.25) is 0 Å². The van der Waals surface area contributed by atoms with E-state index in [1.54, 1.807) is 0 Å². The van der Waals surface area contributed by atoms with Crippen molar-refractivity contribution in [1.82, 2.24) is 5.32 Å². The maximum absolute atomic E-state index is 5.37. The van der Waals surface area contributed by atoms with Gasteiger partial charge in [-0.05, 0) is 34.6 Å². The molecule has 3 heteroatoms. The Kier molecular flexibility index (Phi) is 2.83. The fraction of sp³-hybridized carbons (Fsp3) is 0.0833. The number of thiocarbonyl (C=S) groups is 1. The monoisotopic (exact) mass is 216 g/mol. The van der Waals surface area contributed by atoms with Gasteiger partial charge in [-0.25, -0.2) is 0 Å².